The zero-order chi connectivity index (χ0) is 14.4. The summed E-state index contributed by atoms with van der Waals surface area (Å²) in [5.41, 5.74) is 10.7. The summed E-state index contributed by atoms with van der Waals surface area (Å²) in [6, 6.07) is 14.5. The third-order valence-corrected chi connectivity index (χ3v) is 4.18. The maximum absolute atomic E-state index is 6.22. The van der Waals surface area contributed by atoms with E-state index in [1.807, 2.05) is 30.3 Å². The largest absolute Gasteiger partial charge is 0.493 e. The van der Waals surface area contributed by atoms with E-state index in [0.29, 0.717) is 12.6 Å². The number of hydrogen-bond donors (Lipinski definition) is 1. The van der Waals surface area contributed by atoms with Gasteiger partial charge in [-0.3, -0.25) is 0 Å². The first-order valence-corrected chi connectivity index (χ1v) is 7.20. The van der Waals surface area contributed by atoms with Crippen molar-refractivity contribution in [3.05, 3.63) is 53.6 Å². The van der Waals surface area contributed by atoms with Gasteiger partial charge in [0.25, 0.3) is 0 Å². The van der Waals surface area contributed by atoms with E-state index in [4.69, 9.17) is 10.5 Å². The molecule has 2 heterocycles. The lowest BCUT2D eigenvalue weighted by molar-refractivity contribution is 0.259. The Hall–Kier alpha value is -2.49. The number of nitrogens with zero attached hydrogens (tertiary/aromatic N) is 2. The van der Waals surface area contributed by atoms with Gasteiger partial charge in [-0.15, -0.1) is 0 Å². The van der Waals surface area contributed by atoms with Crippen LogP contribution in [0.1, 0.15) is 23.6 Å². The van der Waals surface area contributed by atoms with E-state index in [1.165, 1.54) is 11.1 Å². The third kappa shape index (κ3) is 1.79. The van der Waals surface area contributed by atoms with Crippen molar-refractivity contribution >= 4 is 17.0 Å². The summed E-state index contributed by atoms with van der Waals surface area (Å²) in [7, 11) is 0. The van der Waals surface area contributed by atoms with E-state index in [9.17, 15) is 0 Å². The number of ether oxygens (including phenoxy) is 1. The van der Waals surface area contributed by atoms with Crippen LogP contribution in [-0.2, 0) is 0 Å². The Morgan fingerprint density at radius 2 is 2.05 bits per heavy atom. The molecule has 1 aromatic heterocycles. The minimum Gasteiger partial charge on any atom is -0.493 e. The quantitative estimate of drug-likeness (QED) is 0.743. The molecule has 4 nitrogen and oxygen atoms in total. The molecule has 0 radical (unpaired) electrons. The SMILES string of the molecule is Cc1cccc2nc(N)n(C3CCOc4ccccc43)c12. The Kier molecular flexibility index (Phi) is 2.64. The molecule has 0 saturated carbocycles. The van der Waals surface area contributed by atoms with E-state index in [0.717, 1.165) is 23.2 Å². The number of benzene rings is 2. The predicted octanol–water partition coefficient (Wildman–Crippen LogP) is 3.30. The van der Waals surface area contributed by atoms with E-state index < -0.39 is 0 Å². The number of aromatic nitrogens is 2. The number of nitrogens with two attached hydrogens (primary N) is 1. The fourth-order valence-corrected chi connectivity index (χ4v) is 3.25. The number of anilines is 1. The average Bonchev–Trinajstić information content (AvgIpc) is 2.84. The molecule has 1 aliphatic heterocycles. The van der Waals surface area contributed by atoms with Crippen molar-refractivity contribution < 1.29 is 4.74 Å². The van der Waals surface area contributed by atoms with Crippen molar-refractivity contribution in [1.82, 2.24) is 9.55 Å². The Bertz CT molecular complexity index is 822. The number of nitrogen functional groups attached to an aromatic ring is 1. The van der Waals surface area contributed by atoms with Gasteiger partial charge in [0.2, 0.25) is 5.95 Å². The van der Waals surface area contributed by atoms with Crippen LogP contribution in [0.3, 0.4) is 0 Å². The zero-order valence-electron chi connectivity index (χ0n) is 11.9. The van der Waals surface area contributed by atoms with E-state index in [-0.39, 0.29) is 6.04 Å². The second kappa shape index (κ2) is 4.52. The van der Waals surface area contributed by atoms with Crippen molar-refractivity contribution in [3.8, 4) is 5.75 Å². The molecule has 0 saturated heterocycles. The van der Waals surface area contributed by atoms with Crippen LogP contribution in [-0.4, -0.2) is 16.2 Å². The highest BCUT2D eigenvalue weighted by atomic mass is 16.5. The van der Waals surface area contributed by atoms with E-state index >= 15 is 0 Å². The van der Waals surface area contributed by atoms with E-state index in [2.05, 4.69) is 28.6 Å². The summed E-state index contributed by atoms with van der Waals surface area (Å²) in [6.07, 6.45) is 0.904. The van der Waals surface area contributed by atoms with Crippen molar-refractivity contribution in [3.63, 3.8) is 0 Å². The van der Waals surface area contributed by atoms with Crippen molar-refractivity contribution in [2.75, 3.05) is 12.3 Å². The smallest absolute Gasteiger partial charge is 0.201 e. The monoisotopic (exact) mass is 279 g/mol. The standard InChI is InChI=1S/C17H17N3O/c1-11-5-4-7-13-16(11)20(17(18)19-13)14-9-10-21-15-8-3-2-6-12(14)15/h2-8,14H,9-10H2,1H3,(H2,18,19). The minimum atomic E-state index is 0.182. The van der Waals surface area contributed by atoms with Gasteiger partial charge in [-0.25, -0.2) is 4.98 Å². The first-order chi connectivity index (χ1) is 10.3. The number of imidazole rings is 1. The van der Waals surface area contributed by atoms with Gasteiger partial charge in [0.05, 0.1) is 23.7 Å². The summed E-state index contributed by atoms with van der Waals surface area (Å²) < 4.78 is 7.92. The molecule has 1 atom stereocenters. The summed E-state index contributed by atoms with van der Waals surface area (Å²) in [5.74, 6) is 1.52. The molecule has 21 heavy (non-hydrogen) atoms. The van der Waals surface area contributed by atoms with Gasteiger partial charge in [-0.1, -0.05) is 30.3 Å². The Morgan fingerprint density at radius 3 is 2.95 bits per heavy atom. The topological polar surface area (TPSA) is 53.1 Å². The third-order valence-electron chi connectivity index (χ3n) is 4.18. The van der Waals surface area contributed by atoms with Crippen molar-refractivity contribution in [2.24, 2.45) is 0 Å². The molecule has 4 heteroatoms. The molecule has 1 aliphatic rings. The predicted molar refractivity (Wildman–Crippen MR) is 83.6 cm³/mol. The van der Waals surface area contributed by atoms with Gasteiger partial charge in [-0.2, -0.15) is 0 Å². The van der Waals surface area contributed by atoms with Gasteiger partial charge < -0.3 is 15.0 Å². The van der Waals surface area contributed by atoms with Crippen LogP contribution in [0.2, 0.25) is 0 Å². The van der Waals surface area contributed by atoms with Gasteiger partial charge in [0, 0.05) is 12.0 Å². The number of rotatable bonds is 1. The highest BCUT2D eigenvalue weighted by Gasteiger charge is 2.26. The Morgan fingerprint density at radius 1 is 1.19 bits per heavy atom. The van der Waals surface area contributed by atoms with Crippen LogP contribution in [0, 0.1) is 6.92 Å². The van der Waals surface area contributed by atoms with E-state index in [1.54, 1.807) is 0 Å². The highest BCUT2D eigenvalue weighted by Crippen LogP contribution is 2.38. The average molecular weight is 279 g/mol. The lowest BCUT2D eigenvalue weighted by atomic mass is 10.00. The highest BCUT2D eigenvalue weighted by molar-refractivity contribution is 5.82. The Labute approximate surface area is 123 Å². The van der Waals surface area contributed by atoms with Gasteiger partial charge >= 0.3 is 0 Å². The summed E-state index contributed by atoms with van der Waals surface area (Å²) >= 11 is 0. The summed E-state index contributed by atoms with van der Waals surface area (Å²) in [4.78, 5) is 4.52. The normalized spacial score (nSPS) is 17.5. The van der Waals surface area contributed by atoms with Gasteiger partial charge in [0.1, 0.15) is 5.75 Å². The molecule has 2 aromatic carbocycles. The summed E-state index contributed by atoms with van der Waals surface area (Å²) in [5, 5.41) is 0. The molecule has 3 aromatic rings. The van der Waals surface area contributed by atoms with Crippen molar-refractivity contribution in [2.45, 2.75) is 19.4 Å². The lowest BCUT2D eigenvalue weighted by Crippen LogP contribution is -2.21. The van der Waals surface area contributed by atoms with Crippen LogP contribution in [0.5, 0.6) is 5.75 Å². The number of aryl methyl sites for hydroxylation is 1. The summed E-state index contributed by atoms with van der Waals surface area (Å²) in [6.45, 7) is 2.80. The van der Waals surface area contributed by atoms with Crippen LogP contribution < -0.4 is 10.5 Å². The molecule has 0 spiro atoms. The lowest BCUT2D eigenvalue weighted by Gasteiger charge is -2.28. The first kappa shape index (κ1) is 12.3. The molecule has 0 amide bonds. The number of hydrogen-bond acceptors (Lipinski definition) is 3. The molecule has 106 valence electrons. The molecular formula is C17H17N3O. The molecular weight excluding hydrogens is 262 g/mol. The molecule has 0 bridgehead atoms. The second-order valence-corrected chi connectivity index (χ2v) is 5.47. The first-order valence-electron chi connectivity index (χ1n) is 7.20. The van der Waals surface area contributed by atoms with Crippen LogP contribution in [0.15, 0.2) is 42.5 Å². The maximum Gasteiger partial charge on any atom is 0.201 e. The van der Waals surface area contributed by atoms with Crippen LogP contribution in [0.25, 0.3) is 11.0 Å². The number of para-hydroxylation sites is 2. The molecule has 0 fully saturated rings. The number of fused-ring (bicyclic) bond motifs is 2. The molecule has 1 unspecified atom stereocenters. The van der Waals surface area contributed by atoms with Crippen LogP contribution in [0.4, 0.5) is 5.95 Å². The molecule has 4 rings (SSSR count). The fourth-order valence-electron chi connectivity index (χ4n) is 3.25. The Balaban J connectivity index is 1.98. The van der Waals surface area contributed by atoms with Crippen molar-refractivity contribution in [1.29, 1.82) is 0 Å². The van der Waals surface area contributed by atoms with Gasteiger partial charge in [-0.05, 0) is 24.6 Å². The molecule has 2 N–H and O–H groups in total. The molecule has 0 aliphatic carbocycles. The minimum absolute atomic E-state index is 0.182. The zero-order valence-corrected chi connectivity index (χ0v) is 11.9. The fraction of sp³-hybridized carbons (Fsp3) is 0.235. The maximum atomic E-state index is 6.22. The second-order valence-electron chi connectivity index (χ2n) is 5.47. The van der Waals surface area contributed by atoms with Crippen LogP contribution >= 0.6 is 0 Å². The van der Waals surface area contributed by atoms with Gasteiger partial charge in [0.15, 0.2) is 0 Å².